The van der Waals surface area contributed by atoms with Gasteiger partial charge in [0.25, 0.3) is 0 Å². The molecule has 74 valence electrons. The molecule has 0 saturated carbocycles. The van der Waals surface area contributed by atoms with Crippen molar-refractivity contribution in [2.45, 2.75) is 0 Å². The number of nitriles is 1. The molecule has 0 unspecified atom stereocenters. The lowest BCUT2D eigenvalue weighted by Gasteiger charge is -1.94. The Hall–Kier alpha value is -1.67. The fourth-order valence-electron chi connectivity index (χ4n) is 1.23. The van der Waals surface area contributed by atoms with E-state index in [4.69, 9.17) is 9.68 Å². The number of oxazole rings is 1. The Bertz CT molecular complexity index is 568. The van der Waals surface area contributed by atoms with Gasteiger partial charge in [0.2, 0.25) is 0 Å². The number of benzene rings is 1. The summed E-state index contributed by atoms with van der Waals surface area (Å²) in [5.74, 6) is -0.0214. The lowest BCUT2D eigenvalue weighted by Crippen LogP contribution is -1.98. The van der Waals surface area contributed by atoms with E-state index in [9.17, 15) is 4.79 Å². The normalized spacial score (nSPS) is 10.1. The van der Waals surface area contributed by atoms with Crippen molar-refractivity contribution in [1.29, 1.82) is 5.26 Å². The molecule has 1 aromatic heterocycles. The molecule has 0 amide bonds. The molecule has 0 spiro atoms. The predicted octanol–water partition coefficient (Wildman–Crippen LogP) is 2.28. The Morgan fingerprint density at radius 3 is 3.07 bits per heavy atom. The van der Waals surface area contributed by atoms with Crippen molar-refractivity contribution >= 4 is 32.8 Å². The molecule has 0 bridgehead atoms. The van der Waals surface area contributed by atoms with Gasteiger partial charge in [-0.2, -0.15) is 10.2 Å². The van der Waals surface area contributed by atoms with Crippen molar-refractivity contribution in [1.82, 2.24) is 4.98 Å². The van der Waals surface area contributed by atoms with E-state index in [0.717, 1.165) is 0 Å². The molecular formula is C10H5BrN2O2. The Labute approximate surface area is 93.6 Å². The molecule has 4 nitrogen and oxygen atoms in total. The molecule has 0 atom stereocenters. The van der Waals surface area contributed by atoms with Crippen molar-refractivity contribution < 1.29 is 9.21 Å². The monoisotopic (exact) mass is 264 g/mol. The maximum atomic E-state index is 11.4. The van der Waals surface area contributed by atoms with Crippen molar-refractivity contribution in [3.05, 3.63) is 29.7 Å². The van der Waals surface area contributed by atoms with Crippen LogP contribution < -0.4 is 0 Å². The Morgan fingerprint density at radius 1 is 1.60 bits per heavy atom. The van der Waals surface area contributed by atoms with Gasteiger partial charge >= 0.3 is 5.89 Å². The van der Waals surface area contributed by atoms with E-state index < -0.39 is 0 Å². The van der Waals surface area contributed by atoms with Gasteiger partial charge < -0.3 is 4.42 Å². The second kappa shape index (κ2) is 3.83. The number of Topliss-reactive ketones (excluding diaryl/α,β-unsaturated/α-hetero) is 1. The summed E-state index contributed by atoms with van der Waals surface area (Å²) in [6.07, 6.45) is 0. The van der Waals surface area contributed by atoms with Crippen molar-refractivity contribution in [3.8, 4) is 6.07 Å². The maximum absolute atomic E-state index is 11.4. The molecule has 15 heavy (non-hydrogen) atoms. The van der Waals surface area contributed by atoms with Gasteiger partial charge in [-0.15, -0.1) is 0 Å². The minimum Gasteiger partial charge on any atom is -0.428 e. The van der Waals surface area contributed by atoms with E-state index in [0.29, 0.717) is 16.7 Å². The average Bonchev–Trinajstić information content (AvgIpc) is 2.69. The number of hydrogen-bond donors (Lipinski definition) is 0. The number of fused-ring (bicyclic) bond motifs is 1. The van der Waals surface area contributed by atoms with E-state index >= 15 is 0 Å². The number of alkyl halides is 1. The molecule has 0 aliphatic rings. The predicted molar refractivity (Wildman–Crippen MR) is 56.8 cm³/mol. The van der Waals surface area contributed by atoms with Gasteiger partial charge in [0.05, 0.1) is 5.33 Å². The summed E-state index contributed by atoms with van der Waals surface area (Å²) in [7, 11) is 0. The largest absolute Gasteiger partial charge is 0.428 e. The van der Waals surface area contributed by atoms with Crippen LogP contribution in [-0.2, 0) is 0 Å². The highest BCUT2D eigenvalue weighted by atomic mass is 79.9. The molecule has 1 aromatic carbocycles. The molecule has 0 radical (unpaired) electrons. The number of nitrogens with zero attached hydrogens (tertiary/aromatic N) is 2. The second-order valence-corrected chi connectivity index (χ2v) is 3.43. The van der Waals surface area contributed by atoms with Gasteiger partial charge in [-0.05, 0) is 18.2 Å². The molecule has 0 aliphatic carbocycles. The van der Waals surface area contributed by atoms with Crippen LogP contribution in [0.2, 0.25) is 0 Å². The number of carbonyl (C=O) groups is 1. The Balaban J connectivity index is 2.56. The third-order valence-corrected chi connectivity index (χ3v) is 2.44. The molecule has 1 heterocycles. The van der Waals surface area contributed by atoms with Crippen LogP contribution in [0.1, 0.15) is 16.2 Å². The lowest BCUT2D eigenvalue weighted by atomic mass is 10.1. The summed E-state index contributed by atoms with van der Waals surface area (Å²) >= 11 is 3.09. The van der Waals surface area contributed by atoms with E-state index in [1.54, 1.807) is 18.2 Å². The van der Waals surface area contributed by atoms with Gasteiger partial charge in [0.1, 0.15) is 5.52 Å². The quantitative estimate of drug-likeness (QED) is 0.617. The topological polar surface area (TPSA) is 66.9 Å². The summed E-state index contributed by atoms with van der Waals surface area (Å²) in [4.78, 5) is 15.3. The summed E-state index contributed by atoms with van der Waals surface area (Å²) in [6.45, 7) is 0. The summed E-state index contributed by atoms with van der Waals surface area (Å²) in [5, 5.41) is 8.85. The standard InChI is InChI=1S/C10H5BrN2O2/c11-4-8(14)6-1-2-9-7(3-6)13-10(5-12)15-9/h1-3H,4H2. The minimum atomic E-state index is -0.0293. The smallest absolute Gasteiger partial charge is 0.301 e. The first kappa shape index (κ1) is 9.87. The SMILES string of the molecule is N#Cc1nc2cc(C(=O)CBr)ccc2o1. The maximum Gasteiger partial charge on any atom is 0.301 e. The van der Waals surface area contributed by atoms with Crippen LogP contribution in [0.15, 0.2) is 22.6 Å². The van der Waals surface area contributed by atoms with Crippen LogP contribution in [0.25, 0.3) is 11.1 Å². The van der Waals surface area contributed by atoms with Crippen LogP contribution in [-0.4, -0.2) is 16.1 Å². The highest BCUT2D eigenvalue weighted by Crippen LogP contribution is 2.17. The molecule has 5 heteroatoms. The summed E-state index contributed by atoms with van der Waals surface area (Å²) < 4.78 is 5.09. The van der Waals surface area contributed by atoms with E-state index in [1.165, 1.54) is 0 Å². The summed E-state index contributed by atoms with van der Waals surface area (Å²) in [6, 6.07) is 6.71. The first-order valence-electron chi connectivity index (χ1n) is 4.14. The van der Waals surface area contributed by atoms with Crippen molar-refractivity contribution in [2.24, 2.45) is 0 Å². The first-order valence-corrected chi connectivity index (χ1v) is 5.26. The number of halogens is 1. The highest BCUT2D eigenvalue weighted by Gasteiger charge is 2.09. The van der Waals surface area contributed by atoms with Crippen LogP contribution in [0.5, 0.6) is 0 Å². The minimum absolute atomic E-state index is 0.00782. The zero-order valence-corrected chi connectivity index (χ0v) is 9.11. The summed E-state index contributed by atoms with van der Waals surface area (Å²) in [5.41, 5.74) is 1.59. The van der Waals surface area contributed by atoms with Crippen LogP contribution >= 0.6 is 15.9 Å². The molecule has 0 saturated heterocycles. The molecule has 0 aliphatic heterocycles. The van der Waals surface area contributed by atoms with Gasteiger partial charge in [0, 0.05) is 5.56 Å². The molecule has 2 aromatic rings. The number of hydrogen-bond acceptors (Lipinski definition) is 4. The van der Waals surface area contributed by atoms with Crippen LogP contribution in [0.4, 0.5) is 0 Å². The van der Waals surface area contributed by atoms with Gasteiger partial charge in [0.15, 0.2) is 17.4 Å². The fourth-order valence-corrected chi connectivity index (χ4v) is 1.55. The highest BCUT2D eigenvalue weighted by molar-refractivity contribution is 9.09. The van der Waals surface area contributed by atoms with E-state index in [-0.39, 0.29) is 17.0 Å². The van der Waals surface area contributed by atoms with Crippen molar-refractivity contribution in [2.75, 3.05) is 5.33 Å². The van der Waals surface area contributed by atoms with Gasteiger partial charge in [-0.25, -0.2) is 0 Å². The second-order valence-electron chi connectivity index (χ2n) is 2.87. The fraction of sp³-hybridized carbons (Fsp3) is 0.100. The van der Waals surface area contributed by atoms with Gasteiger partial charge in [-0.3, -0.25) is 4.79 Å². The molecular weight excluding hydrogens is 260 g/mol. The van der Waals surface area contributed by atoms with E-state index in [1.807, 2.05) is 6.07 Å². The Morgan fingerprint density at radius 2 is 2.40 bits per heavy atom. The average molecular weight is 265 g/mol. The molecule has 2 rings (SSSR count). The third-order valence-electron chi connectivity index (χ3n) is 1.93. The molecule has 0 fully saturated rings. The van der Waals surface area contributed by atoms with Gasteiger partial charge in [-0.1, -0.05) is 15.9 Å². The van der Waals surface area contributed by atoms with Crippen LogP contribution in [0.3, 0.4) is 0 Å². The van der Waals surface area contributed by atoms with Crippen LogP contribution in [0, 0.1) is 11.3 Å². The lowest BCUT2D eigenvalue weighted by molar-refractivity contribution is 0.102. The Kier molecular flexibility index (Phi) is 2.52. The zero-order chi connectivity index (χ0) is 10.8. The number of aromatic nitrogens is 1. The zero-order valence-electron chi connectivity index (χ0n) is 7.53. The van der Waals surface area contributed by atoms with Crippen molar-refractivity contribution in [3.63, 3.8) is 0 Å². The third kappa shape index (κ3) is 1.76. The van der Waals surface area contributed by atoms with E-state index in [2.05, 4.69) is 20.9 Å². The first-order chi connectivity index (χ1) is 7.24. The molecule has 0 N–H and O–H groups in total. The number of carbonyl (C=O) groups excluding carboxylic acids is 1. The number of ketones is 1. The number of rotatable bonds is 2.